The third-order valence-corrected chi connectivity index (χ3v) is 4.20. The molecule has 0 aliphatic heterocycles. The van der Waals surface area contributed by atoms with Crippen LogP contribution < -0.4 is 9.47 Å². The molecule has 0 bridgehead atoms. The lowest BCUT2D eigenvalue weighted by Gasteiger charge is -2.13. The Morgan fingerprint density at radius 2 is 1.61 bits per heavy atom. The van der Waals surface area contributed by atoms with Gasteiger partial charge in [-0.3, -0.25) is 0 Å². The Morgan fingerprint density at radius 3 is 2.29 bits per heavy atom. The second-order valence-electron chi connectivity index (χ2n) is 6.17. The number of aryl methyl sites for hydroxylation is 2. The van der Waals surface area contributed by atoms with Crippen molar-refractivity contribution in [2.45, 2.75) is 26.9 Å². The molecule has 0 unspecified atom stereocenters. The molecular weight excluding hydrogens is 372 g/mol. The lowest BCUT2D eigenvalue weighted by molar-refractivity contribution is 0.271. The third kappa shape index (κ3) is 4.11. The molecule has 1 radical (unpaired) electrons. The van der Waals surface area contributed by atoms with Crippen molar-refractivity contribution in [2.24, 2.45) is 0 Å². The van der Waals surface area contributed by atoms with Crippen molar-refractivity contribution in [1.82, 2.24) is 0 Å². The van der Waals surface area contributed by atoms with Gasteiger partial charge in [0.15, 0.2) is 23.1 Å². The number of benzene rings is 3. The van der Waals surface area contributed by atoms with Gasteiger partial charge in [-0.25, -0.2) is 13.2 Å². The van der Waals surface area contributed by atoms with Crippen molar-refractivity contribution >= 4 is 0 Å². The van der Waals surface area contributed by atoms with Crippen molar-refractivity contribution in [3.05, 3.63) is 88.5 Å². The molecule has 3 aromatic rings. The van der Waals surface area contributed by atoms with E-state index in [2.05, 4.69) is 6.07 Å². The summed E-state index contributed by atoms with van der Waals surface area (Å²) in [6, 6.07) is 12.7. The Hall–Kier alpha value is -3.02. The summed E-state index contributed by atoms with van der Waals surface area (Å²) in [6.45, 7) is 2.93. The molecule has 0 fully saturated rings. The number of hydrogen-bond donors (Lipinski definition) is 0. The molecule has 0 spiro atoms. The molecule has 145 valence electrons. The maximum absolute atomic E-state index is 14.7. The van der Waals surface area contributed by atoms with Crippen molar-refractivity contribution < 1.29 is 27.0 Å². The molecule has 2 nitrogen and oxygen atoms in total. The summed E-state index contributed by atoms with van der Waals surface area (Å²) < 4.78 is 67.1. The van der Waals surface area contributed by atoms with Gasteiger partial charge in [-0.1, -0.05) is 30.7 Å². The van der Waals surface area contributed by atoms with E-state index in [1.165, 1.54) is 12.1 Å². The molecule has 28 heavy (non-hydrogen) atoms. The van der Waals surface area contributed by atoms with Crippen LogP contribution in [0.1, 0.15) is 23.6 Å². The van der Waals surface area contributed by atoms with E-state index in [1.807, 2.05) is 6.92 Å². The first-order chi connectivity index (χ1) is 13.4. The molecule has 3 aromatic carbocycles. The van der Waals surface area contributed by atoms with Crippen molar-refractivity contribution in [3.8, 4) is 17.2 Å². The highest BCUT2D eigenvalue weighted by Crippen LogP contribution is 2.30. The van der Waals surface area contributed by atoms with Gasteiger partial charge in [-0.05, 0) is 43.2 Å². The zero-order chi connectivity index (χ0) is 20.3. The second kappa shape index (κ2) is 8.33. The average molecular weight is 389 g/mol. The highest BCUT2D eigenvalue weighted by Gasteiger charge is 2.19. The summed E-state index contributed by atoms with van der Waals surface area (Å²) in [7, 11) is 0. The minimum absolute atomic E-state index is 0.185. The van der Waals surface area contributed by atoms with Crippen molar-refractivity contribution in [3.63, 3.8) is 0 Å². The number of halogens is 4. The Morgan fingerprint density at radius 1 is 0.893 bits per heavy atom. The van der Waals surface area contributed by atoms with Crippen LogP contribution in [0.5, 0.6) is 17.2 Å². The Balaban J connectivity index is 1.82. The molecule has 0 saturated carbocycles. The highest BCUT2D eigenvalue weighted by atomic mass is 19.2. The van der Waals surface area contributed by atoms with E-state index >= 15 is 0 Å². The zero-order valence-electron chi connectivity index (χ0n) is 15.3. The molecular formula is C22H17F4O2. The smallest absolute Gasteiger partial charge is 0.200 e. The minimum atomic E-state index is -1.20. The van der Waals surface area contributed by atoms with Crippen LogP contribution in [-0.2, 0) is 13.0 Å². The van der Waals surface area contributed by atoms with Crippen LogP contribution in [0.15, 0.2) is 42.5 Å². The fourth-order valence-corrected chi connectivity index (χ4v) is 2.56. The maximum atomic E-state index is 14.7. The minimum Gasteiger partial charge on any atom is -0.485 e. The molecule has 0 aliphatic rings. The zero-order valence-corrected chi connectivity index (χ0v) is 15.3. The molecule has 0 saturated heterocycles. The normalized spacial score (nSPS) is 10.8. The Labute approximate surface area is 160 Å². The summed E-state index contributed by atoms with van der Waals surface area (Å²) in [6.07, 6.45) is 0.306. The monoisotopic (exact) mass is 389 g/mol. The molecule has 0 atom stereocenters. The van der Waals surface area contributed by atoms with Gasteiger partial charge in [-0.15, -0.1) is 0 Å². The van der Waals surface area contributed by atoms with Gasteiger partial charge in [0, 0.05) is 6.07 Å². The largest absolute Gasteiger partial charge is 0.485 e. The summed E-state index contributed by atoms with van der Waals surface area (Å²) in [5.74, 6) is -4.59. The van der Waals surface area contributed by atoms with Gasteiger partial charge in [0.25, 0.3) is 0 Å². The van der Waals surface area contributed by atoms with Crippen LogP contribution in [0, 0.1) is 36.3 Å². The lowest BCUT2D eigenvalue weighted by atomic mass is 10.1. The van der Waals surface area contributed by atoms with E-state index in [-0.39, 0.29) is 11.3 Å². The summed E-state index contributed by atoms with van der Waals surface area (Å²) in [4.78, 5) is 0. The maximum Gasteiger partial charge on any atom is 0.200 e. The fraction of sp³-hybridized carbons (Fsp3) is 0.182. The van der Waals surface area contributed by atoms with Crippen LogP contribution in [0.2, 0.25) is 0 Å². The van der Waals surface area contributed by atoms with E-state index in [0.717, 1.165) is 11.6 Å². The molecule has 0 N–H and O–H groups in total. The first-order valence-electron chi connectivity index (χ1n) is 8.63. The number of ether oxygens (including phenoxy) is 2. The van der Waals surface area contributed by atoms with Crippen LogP contribution in [0.25, 0.3) is 0 Å². The van der Waals surface area contributed by atoms with E-state index in [4.69, 9.17) is 9.47 Å². The van der Waals surface area contributed by atoms with Gasteiger partial charge in [0.2, 0.25) is 5.82 Å². The predicted molar refractivity (Wildman–Crippen MR) is 96.5 cm³/mol. The Bertz CT molecular complexity index is 985. The van der Waals surface area contributed by atoms with E-state index in [1.54, 1.807) is 31.2 Å². The molecule has 0 amide bonds. The summed E-state index contributed by atoms with van der Waals surface area (Å²) in [5, 5.41) is 0. The van der Waals surface area contributed by atoms with Gasteiger partial charge in [0.1, 0.15) is 18.2 Å². The van der Waals surface area contributed by atoms with Crippen LogP contribution in [0.3, 0.4) is 0 Å². The average Bonchev–Trinajstić information content (AvgIpc) is 2.69. The van der Waals surface area contributed by atoms with Crippen molar-refractivity contribution in [2.75, 3.05) is 0 Å². The molecule has 3 rings (SSSR count). The van der Waals surface area contributed by atoms with Gasteiger partial charge in [0.05, 0.1) is 5.56 Å². The van der Waals surface area contributed by atoms with Crippen LogP contribution in [-0.4, -0.2) is 0 Å². The van der Waals surface area contributed by atoms with Crippen LogP contribution >= 0.6 is 0 Å². The lowest BCUT2D eigenvalue weighted by Crippen LogP contribution is -2.06. The molecule has 0 aliphatic carbocycles. The summed E-state index contributed by atoms with van der Waals surface area (Å²) in [5.41, 5.74) is 0.707. The topological polar surface area (TPSA) is 18.5 Å². The van der Waals surface area contributed by atoms with E-state index in [0.29, 0.717) is 12.2 Å². The molecule has 0 aromatic heterocycles. The van der Waals surface area contributed by atoms with Gasteiger partial charge in [-0.2, -0.15) is 4.39 Å². The first-order valence-corrected chi connectivity index (χ1v) is 8.63. The highest BCUT2D eigenvalue weighted by molar-refractivity contribution is 5.37. The molecule has 0 heterocycles. The van der Waals surface area contributed by atoms with Gasteiger partial charge < -0.3 is 9.47 Å². The van der Waals surface area contributed by atoms with E-state index in [9.17, 15) is 17.6 Å². The van der Waals surface area contributed by atoms with E-state index < -0.39 is 41.2 Å². The SMILES string of the molecule is CCc1ccc(OCc2c(F)c[c]c(Oc3ccc(C)cc3)c2F)c(F)c1F. The van der Waals surface area contributed by atoms with Crippen molar-refractivity contribution in [1.29, 1.82) is 0 Å². The Kier molecular flexibility index (Phi) is 5.87. The quantitative estimate of drug-likeness (QED) is 0.462. The fourth-order valence-electron chi connectivity index (χ4n) is 2.56. The second-order valence-corrected chi connectivity index (χ2v) is 6.17. The number of rotatable bonds is 6. The first kappa shape index (κ1) is 19.7. The standard InChI is InChI=1S/C22H17F4O2/c1-3-14-6-10-18(22(26)20(14)24)27-12-16-17(23)9-11-19(21(16)25)28-15-7-4-13(2)5-8-15/h4-10H,3,12H2,1-2H3. The third-order valence-electron chi connectivity index (χ3n) is 4.20. The predicted octanol–water partition coefficient (Wildman–Crippen LogP) is 6.29. The van der Waals surface area contributed by atoms with Crippen LogP contribution in [0.4, 0.5) is 17.6 Å². The number of hydrogen-bond acceptors (Lipinski definition) is 2. The molecule has 6 heteroatoms. The van der Waals surface area contributed by atoms with Gasteiger partial charge >= 0.3 is 0 Å². The summed E-state index contributed by atoms with van der Waals surface area (Å²) >= 11 is 0.